The number of nitrogens with two attached hydrogens (primary N) is 1. The molecule has 0 bridgehead atoms. The fourth-order valence-corrected chi connectivity index (χ4v) is 3.48. The van der Waals surface area contributed by atoms with Gasteiger partial charge in [-0.3, -0.25) is 14.5 Å². The number of nitrogens with zero attached hydrogens (tertiary/aromatic N) is 1. The second-order valence-corrected chi connectivity index (χ2v) is 7.05. The summed E-state index contributed by atoms with van der Waals surface area (Å²) in [6.07, 6.45) is 0.502. The van der Waals surface area contributed by atoms with E-state index in [1.165, 1.54) is 7.11 Å². The SMILES string of the molecule is COc1cc(Cl)c(C)cc1NC(=O)CN1Cc2ccccc2C[C@H]1C(N)=O. The molecule has 2 aromatic carbocycles. The molecule has 7 heteroatoms. The van der Waals surface area contributed by atoms with Crippen LogP contribution in [0.1, 0.15) is 16.7 Å². The fourth-order valence-electron chi connectivity index (χ4n) is 3.33. The number of aryl methyl sites for hydroxylation is 1. The van der Waals surface area contributed by atoms with Gasteiger partial charge in [0.2, 0.25) is 11.8 Å². The molecule has 3 rings (SSSR count). The van der Waals surface area contributed by atoms with E-state index in [9.17, 15) is 9.59 Å². The van der Waals surface area contributed by atoms with Crippen molar-refractivity contribution in [3.63, 3.8) is 0 Å². The maximum atomic E-state index is 12.6. The highest BCUT2D eigenvalue weighted by Gasteiger charge is 2.31. The second-order valence-electron chi connectivity index (χ2n) is 6.65. The Morgan fingerprint density at radius 3 is 2.67 bits per heavy atom. The molecule has 0 aromatic heterocycles. The predicted molar refractivity (Wildman–Crippen MR) is 105 cm³/mol. The van der Waals surface area contributed by atoms with Crippen molar-refractivity contribution in [1.82, 2.24) is 4.90 Å². The summed E-state index contributed by atoms with van der Waals surface area (Å²) in [7, 11) is 1.52. The van der Waals surface area contributed by atoms with Gasteiger partial charge in [-0.15, -0.1) is 0 Å². The molecule has 27 heavy (non-hydrogen) atoms. The van der Waals surface area contributed by atoms with Crippen molar-refractivity contribution < 1.29 is 14.3 Å². The van der Waals surface area contributed by atoms with E-state index in [1.54, 1.807) is 17.0 Å². The summed E-state index contributed by atoms with van der Waals surface area (Å²) >= 11 is 6.11. The maximum absolute atomic E-state index is 12.6. The first-order valence-corrected chi connectivity index (χ1v) is 9.01. The molecule has 1 atom stereocenters. The van der Waals surface area contributed by atoms with Crippen molar-refractivity contribution in [3.8, 4) is 5.75 Å². The average Bonchev–Trinajstić information content (AvgIpc) is 2.63. The first-order chi connectivity index (χ1) is 12.9. The van der Waals surface area contributed by atoms with Crippen molar-refractivity contribution in [2.45, 2.75) is 25.9 Å². The topological polar surface area (TPSA) is 84.7 Å². The van der Waals surface area contributed by atoms with Crippen LogP contribution in [0.25, 0.3) is 0 Å². The van der Waals surface area contributed by atoms with Crippen LogP contribution in [-0.2, 0) is 22.6 Å². The van der Waals surface area contributed by atoms with E-state index in [2.05, 4.69) is 5.32 Å². The molecule has 0 fully saturated rings. The predicted octanol–water partition coefficient (Wildman–Crippen LogP) is 2.51. The number of anilines is 1. The van der Waals surface area contributed by atoms with Crippen molar-refractivity contribution in [1.29, 1.82) is 0 Å². The first kappa shape index (κ1) is 19.2. The van der Waals surface area contributed by atoms with Crippen LogP contribution < -0.4 is 15.8 Å². The summed E-state index contributed by atoms with van der Waals surface area (Å²) < 4.78 is 5.29. The van der Waals surface area contributed by atoms with Gasteiger partial charge in [0.05, 0.1) is 25.4 Å². The lowest BCUT2D eigenvalue weighted by Gasteiger charge is -2.34. The lowest BCUT2D eigenvalue weighted by molar-refractivity contribution is -0.125. The first-order valence-electron chi connectivity index (χ1n) is 8.63. The van der Waals surface area contributed by atoms with Gasteiger partial charge in [0.1, 0.15) is 5.75 Å². The molecule has 6 nitrogen and oxygen atoms in total. The maximum Gasteiger partial charge on any atom is 0.238 e. The Morgan fingerprint density at radius 2 is 2.00 bits per heavy atom. The van der Waals surface area contributed by atoms with Crippen LogP contribution >= 0.6 is 11.6 Å². The Balaban J connectivity index is 1.77. The fraction of sp³-hybridized carbons (Fsp3) is 0.300. The Morgan fingerprint density at radius 1 is 1.30 bits per heavy atom. The summed E-state index contributed by atoms with van der Waals surface area (Å²) in [5.41, 5.74) is 9.14. The summed E-state index contributed by atoms with van der Waals surface area (Å²) in [5, 5.41) is 3.41. The average molecular weight is 388 g/mol. The summed E-state index contributed by atoms with van der Waals surface area (Å²) in [6, 6.07) is 10.8. The lowest BCUT2D eigenvalue weighted by atomic mass is 9.93. The normalized spacial score (nSPS) is 16.5. The van der Waals surface area contributed by atoms with Crippen LogP contribution in [-0.4, -0.2) is 36.4 Å². The number of carbonyl (C=O) groups is 2. The van der Waals surface area contributed by atoms with Gasteiger partial charge in [-0.05, 0) is 36.1 Å². The van der Waals surface area contributed by atoms with Gasteiger partial charge in [0, 0.05) is 17.6 Å². The van der Waals surface area contributed by atoms with Gasteiger partial charge >= 0.3 is 0 Å². The molecule has 1 aliphatic rings. The Hall–Kier alpha value is -2.57. The third-order valence-electron chi connectivity index (χ3n) is 4.78. The van der Waals surface area contributed by atoms with E-state index in [1.807, 2.05) is 31.2 Å². The minimum absolute atomic E-state index is 0.0484. The molecule has 0 radical (unpaired) electrons. The number of methoxy groups -OCH3 is 1. The highest BCUT2D eigenvalue weighted by Crippen LogP contribution is 2.31. The lowest BCUT2D eigenvalue weighted by Crippen LogP contribution is -2.50. The monoisotopic (exact) mass is 387 g/mol. The summed E-state index contributed by atoms with van der Waals surface area (Å²) in [6.45, 7) is 2.39. The van der Waals surface area contributed by atoms with Crippen LogP contribution in [0, 0.1) is 6.92 Å². The van der Waals surface area contributed by atoms with Crippen LogP contribution in [0.5, 0.6) is 5.75 Å². The van der Waals surface area contributed by atoms with Crippen LogP contribution in [0.15, 0.2) is 36.4 Å². The van der Waals surface area contributed by atoms with Gasteiger partial charge in [0.25, 0.3) is 0 Å². The Labute approximate surface area is 163 Å². The molecule has 1 heterocycles. The van der Waals surface area contributed by atoms with Gasteiger partial charge in [-0.1, -0.05) is 35.9 Å². The van der Waals surface area contributed by atoms with Gasteiger partial charge in [-0.25, -0.2) is 0 Å². The smallest absolute Gasteiger partial charge is 0.238 e. The van der Waals surface area contributed by atoms with Crippen molar-refractivity contribution in [3.05, 3.63) is 58.1 Å². The highest BCUT2D eigenvalue weighted by molar-refractivity contribution is 6.31. The van der Waals surface area contributed by atoms with Crippen molar-refractivity contribution >= 4 is 29.1 Å². The minimum Gasteiger partial charge on any atom is -0.495 e. The molecule has 2 aromatic rings. The molecule has 0 unspecified atom stereocenters. The molecular weight excluding hydrogens is 366 g/mol. The number of nitrogens with one attached hydrogen (secondary N) is 1. The second kappa shape index (κ2) is 7.98. The van der Waals surface area contributed by atoms with E-state index in [0.717, 1.165) is 16.7 Å². The number of carbonyl (C=O) groups excluding carboxylic acids is 2. The number of hydrogen-bond donors (Lipinski definition) is 2. The number of ether oxygens (including phenoxy) is 1. The zero-order valence-corrected chi connectivity index (χ0v) is 16.0. The van der Waals surface area contributed by atoms with Crippen LogP contribution in [0.3, 0.4) is 0 Å². The molecule has 1 aliphatic heterocycles. The van der Waals surface area contributed by atoms with Crippen LogP contribution in [0.2, 0.25) is 5.02 Å². The Bertz CT molecular complexity index is 885. The van der Waals surface area contributed by atoms with E-state index in [4.69, 9.17) is 22.1 Å². The minimum atomic E-state index is -0.514. The number of halogens is 1. The van der Waals surface area contributed by atoms with Crippen molar-refractivity contribution in [2.24, 2.45) is 5.73 Å². The van der Waals surface area contributed by atoms with E-state index in [-0.39, 0.29) is 12.5 Å². The van der Waals surface area contributed by atoms with E-state index < -0.39 is 11.9 Å². The molecular formula is C20H22ClN3O3. The zero-order chi connectivity index (χ0) is 19.6. The zero-order valence-electron chi connectivity index (χ0n) is 15.3. The standard InChI is InChI=1S/C20H22ClN3O3/c1-12-7-16(18(27-2)9-15(12)21)23-19(25)11-24-10-14-6-4-3-5-13(14)8-17(24)20(22)26/h3-7,9,17H,8,10-11H2,1-2H3,(H2,22,26)(H,23,25)/t17-/m0/s1. The molecule has 0 saturated heterocycles. The summed E-state index contributed by atoms with van der Waals surface area (Å²) in [5.74, 6) is -0.202. The number of hydrogen-bond acceptors (Lipinski definition) is 4. The van der Waals surface area contributed by atoms with Crippen LogP contribution in [0.4, 0.5) is 5.69 Å². The largest absolute Gasteiger partial charge is 0.495 e. The third-order valence-corrected chi connectivity index (χ3v) is 5.18. The third kappa shape index (κ3) is 4.23. The number of rotatable bonds is 5. The Kier molecular flexibility index (Phi) is 5.68. The number of primary amides is 1. The molecule has 2 amide bonds. The number of fused-ring (bicyclic) bond motifs is 1. The van der Waals surface area contributed by atoms with E-state index in [0.29, 0.717) is 29.4 Å². The van der Waals surface area contributed by atoms with Crippen molar-refractivity contribution in [2.75, 3.05) is 19.0 Å². The molecule has 0 saturated carbocycles. The highest BCUT2D eigenvalue weighted by atomic mass is 35.5. The molecule has 3 N–H and O–H groups in total. The van der Waals surface area contributed by atoms with E-state index >= 15 is 0 Å². The quantitative estimate of drug-likeness (QED) is 0.825. The molecule has 0 aliphatic carbocycles. The van der Waals surface area contributed by atoms with Gasteiger partial charge in [0.15, 0.2) is 0 Å². The van der Waals surface area contributed by atoms with Gasteiger partial charge in [-0.2, -0.15) is 0 Å². The summed E-state index contributed by atoms with van der Waals surface area (Å²) in [4.78, 5) is 26.3. The number of benzene rings is 2. The molecule has 0 spiro atoms. The van der Waals surface area contributed by atoms with Gasteiger partial charge < -0.3 is 15.8 Å². The molecule has 142 valence electrons. The number of amides is 2.